The molecule has 1 saturated carbocycles. The van der Waals surface area contributed by atoms with Crippen LogP contribution >= 0.6 is 0 Å². The van der Waals surface area contributed by atoms with Crippen molar-refractivity contribution in [1.82, 2.24) is 0 Å². The molecule has 0 aromatic carbocycles. The molecule has 2 saturated heterocycles. The zero-order valence-corrected chi connectivity index (χ0v) is 13.8. The van der Waals surface area contributed by atoms with Gasteiger partial charge in [0.05, 0.1) is 52.1 Å². The fraction of sp³-hybridized carbons (Fsp3) is 0.875. The molecule has 3 aliphatic rings. The van der Waals surface area contributed by atoms with E-state index >= 15 is 0 Å². The molecule has 6 atom stereocenters. The van der Waals surface area contributed by atoms with Gasteiger partial charge in [0.15, 0.2) is 0 Å². The van der Waals surface area contributed by atoms with Gasteiger partial charge in [0.1, 0.15) is 5.60 Å². The molecule has 1 aliphatic carbocycles. The second kappa shape index (κ2) is 5.10. The maximum Gasteiger partial charge on any atom is 0.101 e. The highest BCUT2D eigenvalue weighted by molar-refractivity contribution is 6.40. The number of rotatable bonds is 4. The standard InChI is InChI=1S/C16H24B2O4/c1-9(2)5-6-10-14(3,22-10)12-11(20-4)13(19)16(17,18)7-15(12)8-21-15/h5,10-13,19H,6-8H2,1-4H3/t10-,11+,12-,13+,14?,15+/m1/s1. The molecule has 22 heavy (non-hydrogen) atoms. The molecule has 6 heteroatoms. The second-order valence-electron chi connectivity index (χ2n) is 7.57. The summed E-state index contributed by atoms with van der Waals surface area (Å²) in [5, 5.41) is 9.32. The molecular formula is C16H24B2O4. The third-order valence-corrected chi connectivity index (χ3v) is 5.49. The van der Waals surface area contributed by atoms with E-state index in [1.54, 1.807) is 7.11 Å². The molecule has 2 aliphatic heterocycles. The number of aliphatic hydroxyl groups excluding tert-OH is 1. The highest BCUT2D eigenvalue weighted by Crippen LogP contribution is 2.62. The average molecular weight is 302 g/mol. The van der Waals surface area contributed by atoms with Crippen molar-refractivity contribution in [2.75, 3.05) is 13.7 Å². The van der Waals surface area contributed by atoms with Crippen LogP contribution in [0.15, 0.2) is 11.6 Å². The van der Waals surface area contributed by atoms with E-state index in [-0.39, 0.29) is 17.6 Å². The average Bonchev–Trinajstić information content (AvgIpc) is 3.30. The van der Waals surface area contributed by atoms with Gasteiger partial charge in [-0.1, -0.05) is 16.9 Å². The normalized spacial score (nSPS) is 49.0. The molecule has 1 N–H and O–H groups in total. The first kappa shape index (κ1) is 16.6. The summed E-state index contributed by atoms with van der Waals surface area (Å²) in [5.41, 5.74) is 0.462. The Morgan fingerprint density at radius 2 is 2.05 bits per heavy atom. The summed E-state index contributed by atoms with van der Waals surface area (Å²) < 4.78 is 17.4. The van der Waals surface area contributed by atoms with Gasteiger partial charge in [-0.05, 0) is 33.6 Å². The van der Waals surface area contributed by atoms with Gasteiger partial charge in [-0.25, -0.2) is 0 Å². The Balaban J connectivity index is 1.84. The van der Waals surface area contributed by atoms with E-state index in [4.69, 9.17) is 29.9 Å². The Morgan fingerprint density at radius 1 is 1.41 bits per heavy atom. The van der Waals surface area contributed by atoms with Crippen molar-refractivity contribution < 1.29 is 19.3 Å². The summed E-state index contributed by atoms with van der Waals surface area (Å²) in [4.78, 5) is 0. The predicted octanol–water partition coefficient (Wildman–Crippen LogP) is 1.12. The summed E-state index contributed by atoms with van der Waals surface area (Å²) >= 11 is 0. The lowest BCUT2D eigenvalue weighted by Crippen LogP contribution is -2.60. The van der Waals surface area contributed by atoms with Crippen LogP contribution in [0.25, 0.3) is 0 Å². The predicted molar refractivity (Wildman–Crippen MR) is 85.1 cm³/mol. The van der Waals surface area contributed by atoms with Gasteiger partial charge < -0.3 is 19.3 Å². The molecule has 4 radical (unpaired) electrons. The van der Waals surface area contributed by atoms with E-state index in [2.05, 4.69) is 26.8 Å². The minimum absolute atomic E-state index is 0.0733. The van der Waals surface area contributed by atoms with Crippen LogP contribution in [0, 0.1) is 5.92 Å². The fourth-order valence-corrected chi connectivity index (χ4v) is 4.18. The number of hydrogen-bond donors (Lipinski definition) is 1. The Morgan fingerprint density at radius 3 is 2.55 bits per heavy atom. The van der Waals surface area contributed by atoms with Gasteiger partial charge in [0.2, 0.25) is 0 Å². The summed E-state index contributed by atoms with van der Waals surface area (Å²) in [6, 6.07) is 0. The lowest BCUT2D eigenvalue weighted by atomic mass is 9.42. The first-order valence-corrected chi connectivity index (χ1v) is 7.90. The third-order valence-electron chi connectivity index (χ3n) is 5.49. The molecule has 118 valence electrons. The number of methoxy groups -OCH3 is 1. The number of allylic oxidation sites excluding steroid dienone is 1. The maximum absolute atomic E-state index is 10.5. The first-order valence-electron chi connectivity index (χ1n) is 7.90. The van der Waals surface area contributed by atoms with Crippen molar-refractivity contribution in [1.29, 1.82) is 0 Å². The van der Waals surface area contributed by atoms with Gasteiger partial charge in [0, 0.05) is 7.11 Å². The molecule has 0 bridgehead atoms. The van der Waals surface area contributed by atoms with Crippen molar-refractivity contribution in [2.24, 2.45) is 5.92 Å². The van der Waals surface area contributed by atoms with E-state index in [0.29, 0.717) is 13.0 Å². The highest BCUT2D eigenvalue weighted by atomic mass is 16.6. The van der Waals surface area contributed by atoms with E-state index in [0.717, 1.165) is 6.42 Å². The topological polar surface area (TPSA) is 54.5 Å². The second-order valence-corrected chi connectivity index (χ2v) is 7.57. The van der Waals surface area contributed by atoms with Gasteiger partial charge in [0.25, 0.3) is 0 Å². The van der Waals surface area contributed by atoms with Crippen molar-refractivity contribution in [3.8, 4) is 0 Å². The fourth-order valence-electron chi connectivity index (χ4n) is 4.18. The molecule has 0 aromatic rings. The molecular weight excluding hydrogens is 278 g/mol. The SMILES string of the molecule is [B]C1([B])C[C@]2(CO2)[C@@H](C2(C)O[C@@H]2CC=C(C)C)[C@H](OC)[C@@H]1O. The molecule has 1 spiro atoms. The van der Waals surface area contributed by atoms with Crippen molar-refractivity contribution in [3.05, 3.63) is 11.6 Å². The van der Waals surface area contributed by atoms with Gasteiger partial charge in [-0.15, -0.1) is 0 Å². The number of epoxide rings is 2. The first-order chi connectivity index (χ1) is 10.2. The molecule has 1 unspecified atom stereocenters. The lowest BCUT2D eigenvalue weighted by Gasteiger charge is -2.50. The van der Waals surface area contributed by atoms with Crippen LogP contribution in [0.3, 0.4) is 0 Å². The Bertz CT molecular complexity index is 485. The Kier molecular flexibility index (Phi) is 3.84. The molecule has 3 rings (SSSR count). The summed E-state index contributed by atoms with van der Waals surface area (Å²) in [6.07, 6.45) is 2.12. The van der Waals surface area contributed by atoms with Crippen LogP contribution in [-0.4, -0.2) is 64.0 Å². The highest BCUT2D eigenvalue weighted by Gasteiger charge is 2.73. The summed E-state index contributed by atoms with van der Waals surface area (Å²) in [6.45, 7) is 6.81. The minimum atomic E-state index is -1.20. The summed E-state index contributed by atoms with van der Waals surface area (Å²) in [5.74, 6) is -0.0733. The van der Waals surface area contributed by atoms with Crippen molar-refractivity contribution in [2.45, 2.75) is 68.3 Å². The number of aliphatic hydroxyl groups is 1. The molecule has 3 fully saturated rings. The monoisotopic (exact) mass is 302 g/mol. The van der Waals surface area contributed by atoms with Crippen LogP contribution < -0.4 is 0 Å². The summed E-state index contributed by atoms with van der Waals surface area (Å²) in [7, 11) is 13.7. The van der Waals surface area contributed by atoms with Crippen LogP contribution in [0.4, 0.5) is 0 Å². The quantitative estimate of drug-likeness (QED) is 0.480. The molecule has 0 aromatic heterocycles. The van der Waals surface area contributed by atoms with Crippen molar-refractivity contribution >= 4 is 15.7 Å². The number of ether oxygens (including phenoxy) is 3. The zero-order chi connectivity index (χ0) is 16.3. The molecule has 2 heterocycles. The Hall–Kier alpha value is -0.290. The molecule has 0 amide bonds. The minimum Gasteiger partial charge on any atom is -0.391 e. The van der Waals surface area contributed by atoms with E-state index < -0.39 is 23.0 Å². The smallest absolute Gasteiger partial charge is 0.101 e. The van der Waals surface area contributed by atoms with E-state index in [1.807, 2.05) is 0 Å². The molecule has 4 nitrogen and oxygen atoms in total. The van der Waals surface area contributed by atoms with Gasteiger partial charge in [-0.2, -0.15) is 0 Å². The third kappa shape index (κ3) is 2.48. The van der Waals surface area contributed by atoms with Crippen LogP contribution in [-0.2, 0) is 14.2 Å². The lowest BCUT2D eigenvalue weighted by molar-refractivity contribution is -0.121. The van der Waals surface area contributed by atoms with Gasteiger partial charge in [-0.3, -0.25) is 0 Å². The zero-order valence-electron chi connectivity index (χ0n) is 13.8. The largest absolute Gasteiger partial charge is 0.391 e. The van der Waals surface area contributed by atoms with Crippen LogP contribution in [0.2, 0.25) is 5.21 Å². The van der Waals surface area contributed by atoms with Crippen molar-refractivity contribution in [3.63, 3.8) is 0 Å². The van der Waals surface area contributed by atoms with Crippen LogP contribution in [0.5, 0.6) is 0 Å². The van der Waals surface area contributed by atoms with Crippen LogP contribution in [0.1, 0.15) is 33.6 Å². The van der Waals surface area contributed by atoms with E-state index in [9.17, 15) is 5.11 Å². The van der Waals surface area contributed by atoms with Gasteiger partial charge >= 0.3 is 0 Å². The maximum atomic E-state index is 10.5. The number of hydrogen-bond acceptors (Lipinski definition) is 4. The Labute approximate surface area is 135 Å². The van der Waals surface area contributed by atoms with E-state index in [1.165, 1.54) is 5.57 Å².